The number of aromatic nitrogens is 2. The number of nitrogens with zero attached hydrogens (tertiary/aromatic N) is 2. The Labute approximate surface area is 183 Å². The molecule has 0 fully saturated rings. The fraction of sp³-hybridized carbons (Fsp3) is 0.0909. The van der Waals surface area contributed by atoms with Crippen LogP contribution in [-0.2, 0) is 6.54 Å². The summed E-state index contributed by atoms with van der Waals surface area (Å²) in [5.74, 6) is -0.0999. The number of aromatic hydroxyl groups is 1. The maximum absolute atomic E-state index is 12.9. The van der Waals surface area contributed by atoms with Crippen molar-refractivity contribution in [1.82, 2.24) is 8.97 Å². The molecule has 2 aromatic heterocycles. The van der Waals surface area contributed by atoms with Crippen LogP contribution < -0.4 is 15.7 Å². The van der Waals surface area contributed by atoms with Gasteiger partial charge in [-0.1, -0.05) is 41.9 Å². The zero-order valence-electron chi connectivity index (χ0n) is 15.9. The lowest BCUT2D eigenvalue weighted by molar-refractivity contribution is 0.416. The van der Waals surface area contributed by atoms with E-state index in [9.17, 15) is 14.7 Å². The Balaban J connectivity index is 0.00000256. The first-order chi connectivity index (χ1) is 14.0. The highest BCUT2D eigenvalue weighted by Gasteiger charge is 2.17. The third-order valence-electron chi connectivity index (χ3n) is 4.72. The normalized spacial score (nSPS) is 10.6. The molecule has 30 heavy (non-hydrogen) atoms. The summed E-state index contributed by atoms with van der Waals surface area (Å²) in [4.78, 5) is 25.8. The fourth-order valence-corrected chi connectivity index (χ4v) is 3.53. The van der Waals surface area contributed by atoms with E-state index in [2.05, 4.69) is 0 Å². The van der Waals surface area contributed by atoms with Gasteiger partial charge in [0.2, 0.25) is 5.43 Å². The van der Waals surface area contributed by atoms with Crippen molar-refractivity contribution in [2.24, 2.45) is 0 Å². The molecule has 0 saturated heterocycles. The first-order valence-corrected chi connectivity index (χ1v) is 9.22. The average molecular weight is 445 g/mol. The van der Waals surface area contributed by atoms with Gasteiger partial charge in [0.15, 0.2) is 11.3 Å². The van der Waals surface area contributed by atoms with E-state index >= 15 is 0 Å². The molecule has 4 aromatic rings. The Morgan fingerprint density at radius 3 is 2.53 bits per heavy atom. The number of pyridine rings is 1. The maximum atomic E-state index is 12.9. The third kappa shape index (κ3) is 3.79. The molecule has 0 aliphatic carbocycles. The van der Waals surface area contributed by atoms with Gasteiger partial charge in [-0.05, 0) is 23.8 Å². The summed E-state index contributed by atoms with van der Waals surface area (Å²) in [5.41, 5.74) is 0.410. The predicted octanol–water partition coefficient (Wildman–Crippen LogP) is 3.97. The molecular formula is C22H18Cl2N2O4. The van der Waals surface area contributed by atoms with Gasteiger partial charge in [-0.3, -0.25) is 9.59 Å². The lowest BCUT2D eigenvalue weighted by Crippen LogP contribution is -2.24. The number of methoxy groups -OCH3 is 1. The number of ether oxygens (including phenoxy) is 1. The largest absolute Gasteiger partial charge is 0.503 e. The van der Waals surface area contributed by atoms with Crippen molar-refractivity contribution in [2.45, 2.75) is 6.54 Å². The second-order valence-corrected chi connectivity index (χ2v) is 6.97. The van der Waals surface area contributed by atoms with E-state index in [0.717, 1.165) is 5.56 Å². The number of para-hydroxylation sites is 1. The van der Waals surface area contributed by atoms with E-state index < -0.39 is 16.7 Å². The third-order valence-corrected chi connectivity index (χ3v) is 4.96. The molecule has 4 rings (SSSR count). The van der Waals surface area contributed by atoms with Crippen molar-refractivity contribution in [1.29, 1.82) is 0 Å². The van der Waals surface area contributed by atoms with E-state index in [1.165, 1.54) is 22.3 Å². The van der Waals surface area contributed by atoms with Gasteiger partial charge in [0, 0.05) is 29.2 Å². The smallest absolute Gasteiger partial charge is 0.279 e. The summed E-state index contributed by atoms with van der Waals surface area (Å²) in [5, 5.41) is 11.1. The lowest BCUT2D eigenvalue weighted by atomic mass is 10.1. The average Bonchev–Trinajstić information content (AvgIpc) is 2.72. The topological polar surface area (TPSA) is 72.9 Å². The summed E-state index contributed by atoms with van der Waals surface area (Å²) in [6.45, 7) is 0.262. The van der Waals surface area contributed by atoms with E-state index in [1.54, 1.807) is 54.9 Å². The van der Waals surface area contributed by atoms with Crippen LogP contribution >= 0.6 is 24.0 Å². The summed E-state index contributed by atoms with van der Waals surface area (Å²) >= 11 is 6.01. The second-order valence-electron chi connectivity index (χ2n) is 6.54. The van der Waals surface area contributed by atoms with Crippen LogP contribution in [0, 0.1) is 0 Å². The number of benzene rings is 2. The Bertz CT molecular complexity index is 1350. The minimum absolute atomic E-state index is 0. The predicted molar refractivity (Wildman–Crippen MR) is 119 cm³/mol. The molecule has 0 atom stereocenters. The van der Waals surface area contributed by atoms with Crippen LogP contribution in [0.5, 0.6) is 11.5 Å². The van der Waals surface area contributed by atoms with Crippen LogP contribution in [0.1, 0.15) is 5.56 Å². The lowest BCUT2D eigenvalue weighted by Gasteiger charge is -2.12. The SMILES string of the molecule is COc1ccccc1-c1cn2ccn(Cc3cccc(Cl)c3)c(=O)c2c(O)c1=O.Cl. The quantitative estimate of drug-likeness (QED) is 0.516. The molecule has 0 spiro atoms. The van der Waals surface area contributed by atoms with E-state index in [-0.39, 0.29) is 30.0 Å². The highest BCUT2D eigenvalue weighted by atomic mass is 35.5. The number of halogens is 2. The monoisotopic (exact) mass is 444 g/mol. The highest BCUT2D eigenvalue weighted by molar-refractivity contribution is 6.30. The standard InChI is InChI=1S/C22H17ClN2O4.ClH/c1-29-18-8-3-2-7-16(18)17-13-24-9-10-25(12-14-5-4-6-15(23)11-14)22(28)19(24)21(27)20(17)26;/h2-11,13,27H,12H2,1H3;1H. The Kier molecular flexibility index (Phi) is 6.20. The van der Waals surface area contributed by atoms with Crippen LogP contribution in [0.15, 0.2) is 76.7 Å². The molecular weight excluding hydrogens is 427 g/mol. The van der Waals surface area contributed by atoms with E-state index in [4.69, 9.17) is 16.3 Å². The van der Waals surface area contributed by atoms with Crippen molar-refractivity contribution < 1.29 is 9.84 Å². The molecule has 8 heteroatoms. The molecule has 6 nitrogen and oxygen atoms in total. The first kappa shape index (κ1) is 21.5. The number of rotatable bonds is 4. The van der Waals surface area contributed by atoms with Crippen LogP contribution in [0.3, 0.4) is 0 Å². The molecule has 0 aliphatic rings. The summed E-state index contributed by atoms with van der Waals surface area (Å²) in [6.07, 6.45) is 4.76. The van der Waals surface area contributed by atoms with Gasteiger partial charge < -0.3 is 18.8 Å². The second kappa shape index (κ2) is 8.65. The van der Waals surface area contributed by atoms with Crippen LogP contribution in [-0.4, -0.2) is 21.2 Å². The molecule has 1 N–H and O–H groups in total. The number of hydrogen-bond acceptors (Lipinski definition) is 4. The van der Waals surface area contributed by atoms with Crippen molar-refractivity contribution in [3.8, 4) is 22.6 Å². The Morgan fingerprint density at radius 1 is 1.03 bits per heavy atom. The van der Waals surface area contributed by atoms with Gasteiger partial charge in [-0.15, -0.1) is 12.4 Å². The van der Waals surface area contributed by atoms with E-state index in [1.807, 2.05) is 6.07 Å². The van der Waals surface area contributed by atoms with Gasteiger partial charge in [0.25, 0.3) is 5.56 Å². The van der Waals surface area contributed by atoms with Crippen molar-refractivity contribution >= 4 is 29.5 Å². The fourth-order valence-electron chi connectivity index (χ4n) is 3.32. The molecule has 0 unspecified atom stereocenters. The zero-order valence-corrected chi connectivity index (χ0v) is 17.5. The molecule has 0 aliphatic heterocycles. The Morgan fingerprint density at radius 2 is 1.80 bits per heavy atom. The maximum Gasteiger partial charge on any atom is 0.279 e. The molecule has 0 saturated carbocycles. The van der Waals surface area contributed by atoms with Gasteiger partial charge in [0.05, 0.1) is 19.2 Å². The number of fused-ring (bicyclic) bond motifs is 1. The minimum Gasteiger partial charge on any atom is -0.503 e. The first-order valence-electron chi connectivity index (χ1n) is 8.85. The van der Waals surface area contributed by atoms with Crippen LogP contribution in [0.25, 0.3) is 16.6 Å². The summed E-state index contributed by atoms with van der Waals surface area (Å²) in [7, 11) is 1.51. The molecule has 154 valence electrons. The van der Waals surface area contributed by atoms with Gasteiger partial charge in [0.1, 0.15) is 5.75 Å². The van der Waals surface area contributed by atoms with Gasteiger partial charge in [-0.2, -0.15) is 0 Å². The molecule has 0 radical (unpaired) electrons. The molecule has 2 aromatic carbocycles. The summed E-state index contributed by atoms with van der Waals surface area (Å²) in [6, 6.07) is 14.2. The zero-order chi connectivity index (χ0) is 20.5. The molecule has 2 heterocycles. The van der Waals surface area contributed by atoms with Crippen LogP contribution in [0.2, 0.25) is 5.02 Å². The van der Waals surface area contributed by atoms with Gasteiger partial charge in [-0.25, -0.2) is 0 Å². The van der Waals surface area contributed by atoms with Crippen molar-refractivity contribution in [3.63, 3.8) is 0 Å². The minimum atomic E-state index is -0.632. The Hall–Kier alpha value is -3.22. The highest BCUT2D eigenvalue weighted by Crippen LogP contribution is 2.28. The number of hydrogen-bond donors (Lipinski definition) is 1. The van der Waals surface area contributed by atoms with Crippen LogP contribution in [0.4, 0.5) is 0 Å². The van der Waals surface area contributed by atoms with Crippen molar-refractivity contribution in [2.75, 3.05) is 7.11 Å². The van der Waals surface area contributed by atoms with E-state index in [0.29, 0.717) is 16.3 Å². The van der Waals surface area contributed by atoms with Crippen molar-refractivity contribution in [3.05, 3.63) is 98.3 Å². The molecule has 0 bridgehead atoms. The van der Waals surface area contributed by atoms with Gasteiger partial charge >= 0.3 is 0 Å². The summed E-state index contributed by atoms with van der Waals surface area (Å²) < 4.78 is 8.19. The molecule has 0 amide bonds.